The first kappa shape index (κ1) is 25.2. The molecule has 0 saturated heterocycles. The third-order valence-corrected chi connectivity index (χ3v) is 8.04. The molecule has 3 N–H and O–H groups in total. The molecule has 1 aromatic carbocycles. The van der Waals surface area contributed by atoms with Gasteiger partial charge in [-0.3, -0.25) is 9.59 Å². The number of primary amides is 1. The number of pyridine rings is 1. The molecule has 3 aromatic heterocycles. The second-order valence-electron chi connectivity index (χ2n) is 8.08. The summed E-state index contributed by atoms with van der Waals surface area (Å²) in [7, 11) is 0. The standard InChI is InChI=1S/C24H16ClF3N4O3S2/c1-9-5-6-16(36-9)10-7-14(21(27)28)30-24-17(10)19(20(37-24)22(29)33)31-23(34)15-8-13(32-35-15)18-11(25)3-2-4-12(18)26/h2-7,15,21H,8H2,1H3,(H2,29,33)(H,31,34). The second-order valence-corrected chi connectivity index (χ2v) is 10.8. The molecule has 0 fully saturated rings. The van der Waals surface area contributed by atoms with E-state index in [0.29, 0.717) is 15.8 Å². The van der Waals surface area contributed by atoms with Crippen molar-refractivity contribution >= 4 is 67.7 Å². The number of aromatic nitrogens is 1. The predicted molar refractivity (Wildman–Crippen MR) is 137 cm³/mol. The van der Waals surface area contributed by atoms with E-state index in [1.165, 1.54) is 35.6 Å². The zero-order chi connectivity index (χ0) is 26.4. The van der Waals surface area contributed by atoms with Crippen LogP contribution in [0.3, 0.4) is 0 Å². The van der Waals surface area contributed by atoms with Crippen LogP contribution < -0.4 is 11.1 Å². The number of aryl methyl sites for hydroxylation is 1. The van der Waals surface area contributed by atoms with E-state index in [1.54, 1.807) is 6.07 Å². The van der Waals surface area contributed by atoms with Crippen molar-refractivity contribution in [2.45, 2.75) is 25.9 Å². The van der Waals surface area contributed by atoms with Gasteiger partial charge >= 0.3 is 0 Å². The fourth-order valence-corrected chi connectivity index (χ4v) is 6.11. The van der Waals surface area contributed by atoms with Gasteiger partial charge in [-0.1, -0.05) is 22.8 Å². The predicted octanol–water partition coefficient (Wildman–Crippen LogP) is 6.29. The largest absolute Gasteiger partial charge is 0.382 e. The Hall–Kier alpha value is -3.48. The van der Waals surface area contributed by atoms with Crippen molar-refractivity contribution in [1.29, 1.82) is 0 Å². The van der Waals surface area contributed by atoms with E-state index in [2.05, 4.69) is 15.5 Å². The number of carbonyl (C=O) groups is 2. The number of halogens is 4. The van der Waals surface area contributed by atoms with E-state index in [0.717, 1.165) is 16.2 Å². The van der Waals surface area contributed by atoms with Crippen molar-refractivity contribution in [3.05, 3.63) is 68.2 Å². The van der Waals surface area contributed by atoms with E-state index in [1.807, 2.05) is 13.0 Å². The summed E-state index contributed by atoms with van der Waals surface area (Å²) >= 11 is 8.26. The smallest absolute Gasteiger partial charge is 0.280 e. The topological polar surface area (TPSA) is 107 Å². The summed E-state index contributed by atoms with van der Waals surface area (Å²) in [6.07, 6.45) is -4.11. The number of rotatable bonds is 6. The maximum absolute atomic E-state index is 14.3. The number of nitrogens with one attached hydrogen (secondary N) is 1. The average Bonchev–Trinajstić information content (AvgIpc) is 3.57. The highest BCUT2D eigenvalue weighted by molar-refractivity contribution is 7.21. The lowest BCUT2D eigenvalue weighted by atomic mass is 10.0. The van der Waals surface area contributed by atoms with Crippen LogP contribution in [-0.4, -0.2) is 28.6 Å². The number of hydrogen-bond acceptors (Lipinski definition) is 7. The molecule has 37 heavy (non-hydrogen) atoms. The molecule has 2 amide bonds. The molecule has 4 heterocycles. The number of anilines is 1. The zero-order valence-electron chi connectivity index (χ0n) is 18.9. The van der Waals surface area contributed by atoms with Gasteiger partial charge in [0.15, 0.2) is 0 Å². The van der Waals surface area contributed by atoms with Gasteiger partial charge in [0.1, 0.15) is 21.2 Å². The van der Waals surface area contributed by atoms with Crippen molar-refractivity contribution in [3.8, 4) is 10.4 Å². The first-order valence-corrected chi connectivity index (χ1v) is 12.7. The van der Waals surface area contributed by atoms with Crippen LogP contribution in [0.25, 0.3) is 20.7 Å². The molecule has 1 aliphatic rings. The molecule has 13 heteroatoms. The summed E-state index contributed by atoms with van der Waals surface area (Å²) in [6, 6.07) is 8.96. The lowest BCUT2D eigenvalue weighted by Gasteiger charge is -2.12. The highest BCUT2D eigenvalue weighted by Crippen LogP contribution is 2.44. The van der Waals surface area contributed by atoms with E-state index in [4.69, 9.17) is 22.2 Å². The van der Waals surface area contributed by atoms with Crippen LogP contribution in [0, 0.1) is 12.7 Å². The third kappa shape index (κ3) is 4.67. The highest BCUT2D eigenvalue weighted by Gasteiger charge is 2.33. The number of hydrogen-bond donors (Lipinski definition) is 2. The molecule has 7 nitrogen and oxygen atoms in total. The number of fused-ring (bicyclic) bond motifs is 1. The lowest BCUT2D eigenvalue weighted by Crippen LogP contribution is -2.29. The summed E-state index contributed by atoms with van der Waals surface area (Å²) in [5.41, 5.74) is 5.68. The van der Waals surface area contributed by atoms with Gasteiger partial charge in [0.2, 0.25) is 6.10 Å². The number of alkyl halides is 2. The summed E-state index contributed by atoms with van der Waals surface area (Å²) in [5, 5.41) is 6.88. The quantitative estimate of drug-likeness (QED) is 0.287. The Morgan fingerprint density at radius 2 is 2.03 bits per heavy atom. The van der Waals surface area contributed by atoms with Gasteiger partial charge in [0.25, 0.3) is 18.2 Å². The van der Waals surface area contributed by atoms with Gasteiger partial charge < -0.3 is 15.9 Å². The monoisotopic (exact) mass is 564 g/mol. The summed E-state index contributed by atoms with van der Waals surface area (Å²) < 4.78 is 41.6. The Labute approximate surface area is 220 Å². The van der Waals surface area contributed by atoms with Gasteiger partial charge in [-0.25, -0.2) is 18.2 Å². The van der Waals surface area contributed by atoms with Gasteiger partial charge in [0, 0.05) is 27.1 Å². The van der Waals surface area contributed by atoms with Gasteiger partial charge in [-0.05, 0) is 37.3 Å². The third-order valence-electron chi connectivity index (χ3n) is 5.60. The van der Waals surface area contributed by atoms with E-state index < -0.39 is 35.9 Å². The van der Waals surface area contributed by atoms with Crippen LogP contribution in [0.4, 0.5) is 18.9 Å². The van der Waals surface area contributed by atoms with Crippen molar-refractivity contribution < 1.29 is 27.6 Å². The van der Waals surface area contributed by atoms with Crippen molar-refractivity contribution in [2.75, 3.05) is 5.32 Å². The molecule has 0 bridgehead atoms. The first-order chi connectivity index (χ1) is 17.6. The fraction of sp³-hybridized carbons (Fsp3) is 0.167. The molecule has 1 aliphatic heterocycles. The van der Waals surface area contributed by atoms with Gasteiger partial charge in [-0.2, -0.15) is 0 Å². The molecule has 5 rings (SSSR count). The highest BCUT2D eigenvalue weighted by atomic mass is 35.5. The Balaban J connectivity index is 1.54. The maximum atomic E-state index is 14.3. The minimum Gasteiger partial charge on any atom is -0.382 e. The van der Waals surface area contributed by atoms with Crippen molar-refractivity contribution in [1.82, 2.24) is 4.98 Å². The Kier molecular flexibility index (Phi) is 6.65. The van der Waals surface area contributed by atoms with Crippen LogP contribution >= 0.6 is 34.3 Å². The molecule has 4 aromatic rings. The Bertz CT molecular complexity index is 1580. The van der Waals surface area contributed by atoms with Crippen molar-refractivity contribution in [2.24, 2.45) is 10.9 Å². The molecule has 1 atom stereocenters. The van der Waals surface area contributed by atoms with Crippen LogP contribution in [0.1, 0.15) is 38.7 Å². The fourth-order valence-electron chi connectivity index (χ4n) is 3.94. The van der Waals surface area contributed by atoms with E-state index >= 15 is 0 Å². The molecule has 0 radical (unpaired) electrons. The first-order valence-electron chi connectivity index (χ1n) is 10.7. The number of nitrogens with zero attached hydrogens (tertiary/aromatic N) is 2. The summed E-state index contributed by atoms with van der Waals surface area (Å²) in [5.74, 6) is -2.18. The summed E-state index contributed by atoms with van der Waals surface area (Å²) in [6.45, 7) is 1.86. The van der Waals surface area contributed by atoms with Gasteiger partial charge in [0.05, 0.1) is 22.0 Å². The Morgan fingerprint density at radius 3 is 2.68 bits per heavy atom. The van der Waals surface area contributed by atoms with Gasteiger partial charge in [-0.15, -0.1) is 22.7 Å². The second kappa shape index (κ2) is 9.77. The molecule has 0 aliphatic carbocycles. The average molecular weight is 565 g/mol. The molecular formula is C24H16ClF3N4O3S2. The van der Waals surface area contributed by atoms with Crippen LogP contribution in [0.2, 0.25) is 5.02 Å². The molecule has 0 spiro atoms. The van der Waals surface area contributed by atoms with E-state index in [-0.39, 0.29) is 38.1 Å². The number of nitrogens with two attached hydrogens (primary N) is 1. The molecule has 1 unspecified atom stereocenters. The number of carbonyl (C=O) groups excluding carboxylic acids is 2. The minimum atomic E-state index is -2.85. The Morgan fingerprint density at radius 1 is 1.24 bits per heavy atom. The minimum absolute atomic E-state index is 0.0253. The summed E-state index contributed by atoms with van der Waals surface area (Å²) in [4.78, 5) is 36.4. The van der Waals surface area contributed by atoms with Crippen LogP contribution in [-0.2, 0) is 9.63 Å². The lowest BCUT2D eigenvalue weighted by molar-refractivity contribution is -0.125. The number of oxime groups is 1. The molecular weight excluding hydrogens is 549 g/mol. The zero-order valence-corrected chi connectivity index (χ0v) is 21.2. The molecule has 190 valence electrons. The maximum Gasteiger partial charge on any atom is 0.280 e. The molecule has 0 saturated carbocycles. The number of thiophene rings is 2. The normalized spacial score (nSPS) is 15.2. The van der Waals surface area contributed by atoms with E-state index in [9.17, 15) is 22.8 Å². The van der Waals surface area contributed by atoms with Crippen LogP contribution in [0.5, 0.6) is 0 Å². The SMILES string of the molecule is Cc1ccc(-c2cc(C(F)F)nc3sc(C(N)=O)c(NC(=O)C4CC(c5c(F)cccc5Cl)=NO4)c23)s1. The van der Waals surface area contributed by atoms with Crippen molar-refractivity contribution in [3.63, 3.8) is 0 Å². The van der Waals surface area contributed by atoms with Crippen LogP contribution in [0.15, 0.2) is 41.6 Å². The number of amides is 2. The number of benzene rings is 1.